The Hall–Kier alpha value is -2.10. The third-order valence-corrected chi connectivity index (χ3v) is 8.05. The molecular formula is C40H70O4. The first-order chi connectivity index (χ1) is 21.6. The van der Waals surface area contributed by atoms with Gasteiger partial charge in [-0.05, 0) is 83.5 Å². The van der Waals surface area contributed by atoms with Gasteiger partial charge in [-0.25, -0.2) is 0 Å². The smallest absolute Gasteiger partial charge is 0.306 e. The van der Waals surface area contributed by atoms with Crippen LogP contribution in [0.25, 0.3) is 0 Å². The van der Waals surface area contributed by atoms with Crippen LogP contribution in [0.5, 0.6) is 0 Å². The number of hydrogen-bond acceptors (Lipinski definition) is 3. The highest BCUT2D eigenvalue weighted by Gasteiger charge is 2.14. The molecule has 0 heterocycles. The number of ether oxygens (including phenoxy) is 1. The van der Waals surface area contributed by atoms with Crippen molar-refractivity contribution < 1.29 is 19.4 Å². The van der Waals surface area contributed by atoms with Gasteiger partial charge in [0.1, 0.15) is 6.10 Å². The summed E-state index contributed by atoms with van der Waals surface area (Å²) >= 11 is 0. The van der Waals surface area contributed by atoms with Gasteiger partial charge in [0.2, 0.25) is 0 Å². The third kappa shape index (κ3) is 34.4. The molecule has 0 aliphatic heterocycles. The molecule has 0 radical (unpaired) electrons. The zero-order valence-electron chi connectivity index (χ0n) is 29.0. The maximum Gasteiger partial charge on any atom is 0.306 e. The minimum absolute atomic E-state index is 0.0136. The van der Waals surface area contributed by atoms with E-state index in [1.165, 1.54) is 64.2 Å². The molecule has 1 atom stereocenters. The molecule has 0 aliphatic rings. The number of allylic oxidation sites excluding steroid dienone is 8. The van der Waals surface area contributed by atoms with Gasteiger partial charge in [0.25, 0.3) is 0 Å². The summed E-state index contributed by atoms with van der Waals surface area (Å²) in [6.45, 7) is 4.47. The Kier molecular flexibility index (Phi) is 33.7. The van der Waals surface area contributed by atoms with E-state index >= 15 is 0 Å². The summed E-state index contributed by atoms with van der Waals surface area (Å²) in [5.41, 5.74) is 0. The average Bonchev–Trinajstić information content (AvgIpc) is 3.01. The summed E-state index contributed by atoms with van der Waals surface area (Å²) in [6.07, 6.45) is 47.1. The molecule has 1 unspecified atom stereocenters. The molecule has 1 N–H and O–H groups in total. The lowest BCUT2D eigenvalue weighted by Crippen LogP contribution is -2.18. The highest BCUT2D eigenvalue weighted by atomic mass is 16.5. The van der Waals surface area contributed by atoms with Gasteiger partial charge < -0.3 is 9.84 Å². The standard InChI is InChI=1S/C40H70O4/c1-3-5-7-9-10-11-12-13-14-15-16-17-18-19-20-21-22-23-24-29-33-37-40(43)44-38(34-30-8-6-4-2)35-31-27-25-26-28-32-36-39(41)42/h10-11,13-14,16-17,19-20,38H,3-9,12,15,18,21-37H2,1-2H3,(H,41,42)/b11-10-,14-13-,17-16-,20-19-. The lowest BCUT2D eigenvalue weighted by molar-refractivity contribution is -0.150. The third-order valence-electron chi connectivity index (χ3n) is 8.05. The van der Waals surface area contributed by atoms with Crippen LogP contribution in [0.15, 0.2) is 48.6 Å². The van der Waals surface area contributed by atoms with Gasteiger partial charge in [-0.2, -0.15) is 0 Å². The quantitative estimate of drug-likeness (QED) is 0.0454. The van der Waals surface area contributed by atoms with Crippen LogP contribution in [-0.4, -0.2) is 23.1 Å². The molecule has 44 heavy (non-hydrogen) atoms. The Morgan fingerprint density at radius 1 is 0.500 bits per heavy atom. The van der Waals surface area contributed by atoms with E-state index in [2.05, 4.69) is 62.5 Å². The molecule has 254 valence electrons. The molecule has 0 rings (SSSR count). The SMILES string of the molecule is CCCCC/C=C\C/C=C\C/C=C\C/C=C\CCCCCCCC(=O)OC(CCCCCC)CCCCCCCCC(=O)O. The highest BCUT2D eigenvalue weighted by Crippen LogP contribution is 2.18. The van der Waals surface area contributed by atoms with Gasteiger partial charge in [0.15, 0.2) is 0 Å². The Morgan fingerprint density at radius 2 is 0.886 bits per heavy atom. The first-order valence-electron chi connectivity index (χ1n) is 18.6. The molecule has 0 saturated carbocycles. The van der Waals surface area contributed by atoms with Crippen LogP contribution in [0.1, 0.15) is 187 Å². The number of carboxylic acids is 1. The van der Waals surface area contributed by atoms with Crippen molar-refractivity contribution in [2.24, 2.45) is 0 Å². The fourth-order valence-corrected chi connectivity index (χ4v) is 5.28. The molecule has 4 nitrogen and oxygen atoms in total. The van der Waals surface area contributed by atoms with Crippen LogP contribution in [-0.2, 0) is 14.3 Å². The highest BCUT2D eigenvalue weighted by molar-refractivity contribution is 5.69. The maximum atomic E-state index is 12.5. The predicted molar refractivity (Wildman–Crippen MR) is 190 cm³/mol. The summed E-state index contributed by atoms with van der Waals surface area (Å²) in [5, 5.41) is 8.73. The van der Waals surface area contributed by atoms with Crippen molar-refractivity contribution in [3.05, 3.63) is 48.6 Å². The molecule has 0 aliphatic carbocycles. The summed E-state index contributed by atoms with van der Waals surface area (Å²) in [5.74, 6) is -0.712. The van der Waals surface area contributed by atoms with Crippen molar-refractivity contribution in [1.82, 2.24) is 0 Å². The van der Waals surface area contributed by atoms with Crippen LogP contribution in [0, 0.1) is 0 Å². The minimum Gasteiger partial charge on any atom is -0.481 e. The normalized spacial score (nSPS) is 12.8. The molecule has 0 amide bonds. The minimum atomic E-state index is -0.698. The summed E-state index contributed by atoms with van der Waals surface area (Å²) < 4.78 is 5.92. The van der Waals surface area contributed by atoms with Crippen LogP contribution < -0.4 is 0 Å². The zero-order valence-corrected chi connectivity index (χ0v) is 29.0. The van der Waals surface area contributed by atoms with E-state index < -0.39 is 5.97 Å². The number of rotatable bonds is 33. The molecular weight excluding hydrogens is 544 g/mol. The Balaban J connectivity index is 3.84. The van der Waals surface area contributed by atoms with Crippen LogP contribution in [0.4, 0.5) is 0 Å². The van der Waals surface area contributed by atoms with E-state index in [1.54, 1.807) is 0 Å². The maximum absolute atomic E-state index is 12.5. The molecule has 0 spiro atoms. The Morgan fingerprint density at radius 3 is 1.41 bits per heavy atom. The second-order valence-electron chi connectivity index (χ2n) is 12.4. The number of carboxylic acid groups (broad SMARTS) is 1. The zero-order chi connectivity index (χ0) is 32.2. The van der Waals surface area contributed by atoms with Crippen LogP contribution in [0.3, 0.4) is 0 Å². The van der Waals surface area contributed by atoms with Crippen LogP contribution >= 0.6 is 0 Å². The van der Waals surface area contributed by atoms with E-state index in [9.17, 15) is 9.59 Å². The van der Waals surface area contributed by atoms with Gasteiger partial charge >= 0.3 is 11.9 Å². The molecule has 0 saturated heterocycles. The lowest BCUT2D eigenvalue weighted by atomic mass is 10.0. The summed E-state index contributed by atoms with van der Waals surface area (Å²) in [4.78, 5) is 23.1. The van der Waals surface area contributed by atoms with Gasteiger partial charge in [0.05, 0.1) is 0 Å². The Labute approximate surface area is 272 Å². The molecule has 0 aromatic rings. The summed E-state index contributed by atoms with van der Waals surface area (Å²) in [7, 11) is 0. The van der Waals surface area contributed by atoms with E-state index in [4.69, 9.17) is 9.84 Å². The monoisotopic (exact) mass is 615 g/mol. The summed E-state index contributed by atoms with van der Waals surface area (Å²) in [6, 6.07) is 0. The van der Waals surface area contributed by atoms with Crippen LogP contribution in [0.2, 0.25) is 0 Å². The number of carbonyl (C=O) groups excluding carboxylic acids is 1. The van der Waals surface area contributed by atoms with E-state index in [0.717, 1.165) is 96.3 Å². The fourth-order valence-electron chi connectivity index (χ4n) is 5.28. The van der Waals surface area contributed by atoms with Crippen molar-refractivity contribution in [1.29, 1.82) is 0 Å². The number of hydrogen-bond donors (Lipinski definition) is 1. The molecule has 0 bridgehead atoms. The van der Waals surface area contributed by atoms with Crippen molar-refractivity contribution in [3.8, 4) is 0 Å². The van der Waals surface area contributed by atoms with Crippen molar-refractivity contribution >= 4 is 11.9 Å². The predicted octanol–water partition coefficient (Wildman–Crippen LogP) is 12.8. The van der Waals surface area contributed by atoms with E-state index in [-0.39, 0.29) is 18.5 Å². The van der Waals surface area contributed by atoms with Crippen molar-refractivity contribution in [2.45, 2.75) is 193 Å². The molecule has 0 fully saturated rings. The van der Waals surface area contributed by atoms with E-state index in [0.29, 0.717) is 6.42 Å². The Bertz CT molecular complexity index is 748. The van der Waals surface area contributed by atoms with Gasteiger partial charge in [-0.15, -0.1) is 0 Å². The topological polar surface area (TPSA) is 63.6 Å². The van der Waals surface area contributed by atoms with Gasteiger partial charge in [-0.1, -0.05) is 140 Å². The number of unbranched alkanes of at least 4 members (excludes halogenated alkanes) is 16. The molecule has 4 heteroatoms. The second kappa shape index (κ2) is 35.4. The number of esters is 1. The second-order valence-corrected chi connectivity index (χ2v) is 12.4. The van der Waals surface area contributed by atoms with Crippen molar-refractivity contribution in [2.75, 3.05) is 0 Å². The molecule has 0 aromatic heterocycles. The average molecular weight is 615 g/mol. The van der Waals surface area contributed by atoms with E-state index in [1.807, 2.05) is 0 Å². The molecule has 0 aromatic carbocycles. The number of aliphatic carboxylic acids is 1. The first kappa shape index (κ1) is 41.9. The fraction of sp³-hybridized carbons (Fsp3) is 0.750. The van der Waals surface area contributed by atoms with Gasteiger partial charge in [-0.3, -0.25) is 9.59 Å². The largest absolute Gasteiger partial charge is 0.481 e. The van der Waals surface area contributed by atoms with Gasteiger partial charge in [0, 0.05) is 12.8 Å². The van der Waals surface area contributed by atoms with Crippen molar-refractivity contribution in [3.63, 3.8) is 0 Å². The number of carbonyl (C=O) groups is 2. The first-order valence-corrected chi connectivity index (χ1v) is 18.6. The lowest BCUT2D eigenvalue weighted by Gasteiger charge is -2.18.